The Labute approximate surface area is 95.1 Å². The van der Waals surface area contributed by atoms with E-state index >= 15 is 0 Å². The molecule has 2 heterocycles. The molecule has 82 valence electrons. The lowest BCUT2D eigenvalue weighted by Crippen LogP contribution is -2.39. The number of hydrogen-bond acceptors (Lipinski definition) is 4. The van der Waals surface area contributed by atoms with Gasteiger partial charge in [-0.1, -0.05) is 6.92 Å². The highest BCUT2D eigenvalue weighted by Gasteiger charge is 2.13. The van der Waals surface area contributed by atoms with Gasteiger partial charge in [-0.05, 0) is 6.07 Å². The van der Waals surface area contributed by atoms with Crippen LogP contribution in [0.5, 0.6) is 0 Å². The molecule has 1 aromatic rings. The van der Waals surface area contributed by atoms with Crippen LogP contribution in [0.2, 0.25) is 0 Å². The fourth-order valence-corrected chi connectivity index (χ4v) is 2.68. The largest absolute Gasteiger partial charge is 0.312 e. The van der Waals surface area contributed by atoms with E-state index in [1.807, 2.05) is 24.0 Å². The van der Waals surface area contributed by atoms with E-state index in [2.05, 4.69) is 22.2 Å². The zero-order valence-corrected chi connectivity index (χ0v) is 9.89. The van der Waals surface area contributed by atoms with E-state index in [0.29, 0.717) is 6.04 Å². The molecule has 4 heteroatoms. The van der Waals surface area contributed by atoms with Crippen LogP contribution < -0.4 is 5.32 Å². The molecule has 0 spiro atoms. The molecule has 15 heavy (non-hydrogen) atoms. The van der Waals surface area contributed by atoms with Crippen molar-refractivity contribution >= 4 is 11.8 Å². The molecule has 0 bridgehead atoms. The average molecular weight is 223 g/mol. The van der Waals surface area contributed by atoms with Gasteiger partial charge in [0.25, 0.3) is 0 Å². The minimum Gasteiger partial charge on any atom is -0.312 e. The third kappa shape index (κ3) is 3.18. The number of rotatable bonds is 3. The van der Waals surface area contributed by atoms with Gasteiger partial charge in [-0.3, -0.25) is 0 Å². The maximum atomic E-state index is 4.52. The highest BCUT2D eigenvalue weighted by molar-refractivity contribution is 7.99. The summed E-state index contributed by atoms with van der Waals surface area (Å²) >= 11 is 2.03. The van der Waals surface area contributed by atoms with Gasteiger partial charge >= 0.3 is 0 Å². The maximum Gasteiger partial charge on any atom is 0.128 e. The first-order chi connectivity index (χ1) is 7.38. The third-order valence-electron chi connectivity index (χ3n) is 2.53. The summed E-state index contributed by atoms with van der Waals surface area (Å²) < 4.78 is 0. The molecule has 0 aliphatic carbocycles. The van der Waals surface area contributed by atoms with Gasteiger partial charge in [-0.2, -0.15) is 11.8 Å². The predicted octanol–water partition coefficient (Wildman–Crippen LogP) is 1.29. The number of aryl methyl sites for hydroxylation is 1. The van der Waals surface area contributed by atoms with Gasteiger partial charge in [0.05, 0.1) is 0 Å². The van der Waals surface area contributed by atoms with Gasteiger partial charge in [0.2, 0.25) is 0 Å². The Kier molecular flexibility index (Phi) is 3.97. The summed E-state index contributed by atoms with van der Waals surface area (Å²) in [5.41, 5.74) is 1.17. The Balaban J connectivity index is 1.96. The number of aromatic nitrogens is 2. The zero-order chi connectivity index (χ0) is 10.5. The second kappa shape index (κ2) is 5.47. The quantitative estimate of drug-likeness (QED) is 0.838. The molecule has 0 radical (unpaired) electrons. The lowest BCUT2D eigenvalue weighted by Gasteiger charge is -2.22. The van der Waals surface area contributed by atoms with Crippen molar-refractivity contribution in [3.05, 3.63) is 23.8 Å². The summed E-state index contributed by atoms with van der Waals surface area (Å²) in [6.07, 6.45) is 3.82. The van der Waals surface area contributed by atoms with E-state index in [0.717, 1.165) is 25.2 Å². The zero-order valence-electron chi connectivity index (χ0n) is 9.07. The van der Waals surface area contributed by atoms with Gasteiger partial charge < -0.3 is 5.32 Å². The molecule has 0 aromatic carbocycles. The summed E-state index contributed by atoms with van der Waals surface area (Å²) in [7, 11) is 0. The van der Waals surface area contributed by atoms with Crippen LogP contribution in [0.1, 0.15) is 18.4 Å². The molecule has 1 atom stereocenters. The Morgan fingerprint density at radius 3 is 3.27 bits per heavy atom. The lowest BCUT2D eigenvalue weighted by molar-refractivity contribution is 0.555. The number of nitrogens with one attached hydrogen (secondary N) is 1. The second-order valence-corrected chi connectivity index (χ2v) is 4.90. The van der Waals surface area contributed by atoms with Gasteiger partial charge in [-0.15, -0.1) is 0 Å². The fraction of sp³-hybridized carbons (Fsp3) is 0.636. The monoisotopic (exact) mass is 223 g/mol. The van der Waals surface area contributed by atoms with Crippen LogP contribution in [-0.2, 0) is 12.8 Å². The maximum absolute atomic E-state index is 4.52. The SMILES string of the molecule is CCc1nccc(CC2CSCCN2)n1. The number of thioether (sulfide) groups is 1. The molecule has 1 aliphatic rings. The minimum atomic E-state index is 0.586. The Morgan fingerprint density at radius 2 is 2.53 bits per heavy atom. The molecule has 1 aromatic heterocycles. The predicted molar refractivity (Wildman–Crippen MR) is 64.2 cm³/mol. The first-order valence-corrected chi connectivity index (χ1v) is 6.66. The topological polar surface area (TPSA) is 37.8 Å². The lowest BCUT2D eigenvalue weighted by atomic mass is 10.1. The molecule has 2 rings (SSSR count). The van der Waals surface area contributed by atoms with Crippen LogP contribution in [0.25, 0.3) is 0 Å². The van der Waals surface area contributed by atoms with Crippen molar-refractivity contribution in [1.29, 1.82) is 0 Å². The van der Waals surface area contributed by atoms with Gasteiger partial charge in [0, 0.05) is 48.8 Å². The van der Waals surface area contributed by atoms with E-state index in [4.69, 9.17) is 0 Å². The van der Waals surface area contributed by atoms with Gasteiger partial charge in [0.1, 0.15) is 5.82 Å². The van der Waals surface area contributed by atoms with Crippen molar-refractivity contribution < 1.29 is 0 Å². The van der Waals surface area contributed by atoms with Crippen molar-refractivity contribution in [2.24, 2.45) is 0 Å². The standard InChI is InChI=1S/C11H17N3S/c1-2-11-13-4-3-9(14-11)7-10-8-15-6-5-12-10/h3-4,10,12H,2,5-8H2,1H3. The van der Waals surface area contributed by atoms with Crippen LogP contribution in [-0.4, -0.2) is 34.1 Å². The average Bonchev–Trinajstić information content (AvgIpc) is 2.31. The minimum absolute atomic E-state index is 0.586. The Morgan fingerprint density at radius 1 is 1.60 bits per heavy atom. The molecule has 1 aliphatic heterocycles. The summed E-state index contributed by atoms with van der Waals surface area (Å²) in [4.78, 5) is 8.74. The fourth-order valence-electron chi connectivity index (χ4n) is 1.73. The summed E-state index contributed by atoms with van der Waals surface area (Å²) in [5.74, 6) is 3.39. The summed E-state index contributed by atoms with van der Waals surface area (Å²) in [6, 6.07) is 2.61. The molecule has 0 saturated carbocycles. The highest BCUT2D eigenvalue weighted by atomic mass is 32.2. The van der Waals surface area contributed by atoms with Gasteiger partial charge in [-0.25, -0.2) is 9.97 Å². The molecule has 3 nitrogen and oxygen atoms in total. The normalized spacial score (nSPS) is 21.5. The van der Waals surface area contributed by atoms with Crippen molar-refractivity contribution in [3.8, 4) is 0 Å². The molecule has 1 fully saturated rings. The van der Waals surface area contributed by atoms with Crippen LogP contribution in [0.15, 0.2) is 12.3 Å². The smallest absolute Gasteiger partial charge is 0.128 e. The first kappa shape index (κ1) is 10.9. The molecule has 0 amide bonds. The van der Waals surface area contributed by atoms with E-state index in [-0.39, 0.29) is 0 Å². The number of hydrogen-bond donors (Lipinski definition) is 1. The van der Waals surface area contributed by atoms with Crippen molar-refractivity contribution in [1.82, 2.24) is 15.3 Å². The van der Waals surface area contributed by atoms with Gasteiger partial charge in [0.15, 0.2) is 0 Å². The third-order valence-corrected chi connectivity index (χ3v) is 3.66. The summed E-state index contributed by atoms with van der Waals surface area (Å²) in [6.45, 7) is 3.22. The van der Waals surface area contributed by atoms with Crippen molar-refractivity contribution in [2.45, 2.75) is 25.8 Å². The second-order valence-electron chi connectivity index (χ2n) is 3.75. The van der Waals surface area contributed by atoms with Crippen LogP contribution in [0.3, 0.4) is 0 Å². The molecule has 1 unspecified atom stereocenters. The number of nitrogens with zero attached hydrogens (tertiary/aromatic N) is 2. The van der Waals surface area contributed by atoms with Crippen LogP contribution in [0.4, 0.5) is 0 Å². The van der Waals surface area contributed by atoms with Crippen LogP contribution in [0, 0.1) is 0 Å². The van der Waals surface area contributed by atoms with Crippen molar-refractivity contribution in [3.63, 3.8) is 0 Å². The summed E-state index contributed by atoms with van der Waals surface area (Å²) in [5, 5.41) is 3.52. The van der Waals surface area contributed by atoms with E-state index in [1.165, 1.54) is 17.2 Å². The molecular weight excluding hydrogens is 206 g/mol. The molecule has 1 saturated heterocycles. The van der Waals surface area contributed by atoms with E-state index in [9.17, 15) is 0 Å². The Hall–Kier alpha value is -0.610. The van der Waals surface area contributed by atoms with Crippen LogP contribution >= 0.6 is 11.8 Å². The van der Waals surface area contributed by atoms with Crippen molar-refractivity contribution in [2.75, 3.05) is 18.1 Å². The molecule has 1 N–H and O–H groups in total. The Bertz CT molecular complexity index is 310. The van der Waals surface area contributed by atoms with E-state index < -0.39 is 0 Å². The first-order valence-electron chi connectivity index (χ1n) is 5.50. The highest BCUT2D eigenvalue weighted by Crippen LogP contribution is 2.11. The molecular formula is C11H17N3S. The van der Waals surface area contributed by atoms with E-state index in [1.54, 1.807) is 0 Å².